The molecule has 16 heavy (non-hydrogen) atoms. The summed E-state index contributed by atoms with van der Waals surface area (Å²) in [5.74, 6) is 0.880. The summed E-state index contributed by atoms with van der Waals surface area (Å²) >= 11 is 4.70. The third-order valence-electron chi connectivity index (χ3n) is 2.13. The number of hydrogen-bond acceptors (Lipinski definition) is 4. The van der Waals surface area contributed by atoms with Crippen LogP contribution in [0.15, 0.2) is 28.7 Å². The predicted octanol–water partition coefficient (Wildman–Crippen LogP) is 3.79. The Morgan fingerprint density at radius 1 is 1.38 bits per heavy atom. The first kappa shape index (κ1) is 11.5. The summed E-state index contributed by atoms with van der Waals surface area (Å²) in [5.41, 5.74) is 2.02. The summed E-state index contributed by atoms with van der Waals surface area (Å²) in [6.07, 6.45) is 1.08. The summed E-state index contributed by atoms with van der Waals surface area (Å²) < 4.78 is 9.65. The van der Waals surface area contributed by atoms with Crippen LogP contribution >= 0.6 is 27.7 Å². The molecule has 0 aliphatic carbocycles. The van der Waals surface area contributed by atoms with Crippen LogP contribution in [0.1, 0.15) is 13.3 Å². The van der Waals surface area contributed by atoms with Gasteiger partial charge in [-0.05, 0) is 18.6 Å². The van der Waals surface area contributed by atoms with Crippen LogP contribution in [0, 0.1) is 0 Å². The van der Waals surface area contributed by atoms with Crippen LogP contribution < -0.4 is 5.32 Å². The number of anilines is 1. The fourth-order valence-electron chi connectivity index (χ4n) is 1.37. The van der Waals surface area contributed by atoms with E-state index in [-0.39, 0.29) is 0 Å². The smallest absolute Gasteiger partial charge is 0.168 e. The van der Waals surface area contributed by atoms with Gasteiger partial charge in [-0.2, -0.15) is 8.75 Å². The predicted molar refractivity (Wildman–Crippen MR) is 71.8 cm³/mol. The van der Waals surface area contributed by atoms with Gasteiger partial charge in [-0.25, -0.2) is 0 Å². The highest BCUT2D eigenvalue weighted by atomic mass is 79.9. The Morgan fingerprint density at radius 3 is 3.00 bits per heavy atom. The second-order valence-corrected chi connectivity index (χ2v) is 4.84. The molecule has 2 aromatic rings. The Labute approximate surface area is 107 Å². The van der Waals surface area contributed by atoms with E-state index in [0.717, 1.165) is 34.5 Å². The summed E-state index contributed by atoms with van der Waals surface area (Å²) in [7, 11) is 0. The zero-order valence-electron chi connectivity index (χ0n) is 8.90. The monoisotopic (exact) mass is 297 g/mol. The van der Waals surface area contributed by atoms with Gasteiger partial charge in [0, 0.05) is 16.6 Å². The Kier molecular flexibility index (Phi) is 3.90. The number of hydrogen-bond donors (Lipinski definition) is 1. The maximum Gasteiger partial charge on any atom is 0.168 e. The van der Waals surface area contributed by atoms with Gasteiger partial charge < -0.3 is 5.32 Å². The minimum absolute atomic E-state index is 0.880. The number of benzene rings is 1. The van der Waals surface area contributed by atoms with Crippen LogP contribution in [-0.2, 0) is 0 Å². The van der Waals surface area contributed by atoms with Gasteiger partial charge in [0.2, 0.25) is 0 Å². The summed E-state index contributed by atoms with van der Waals surface area (Å²) in [4.78, 5) is 0. The second-order valence-electron chi connectivity index (χ2n) is 3.40. The fourth-order valence-corrected chi connectivity index (χ4v) is 2.32. The molecule has 0 aliphatic heterocycles. The van der Waals surface area contributed by atoms with Crippen LogP contribution in [0.5, 0.6) is 0 Å². The quantitative estimate of drug-likeness (QED) is 0.933. The first-order chi connectivity index (χ1) is 7.81. The van der Waals surface area contributed by atoms with E-state index in [1.54, 1.807) is 0 Å². The molecule has 0 fully saturated rings. The molecule has 1 aromatic carbocycles. The van der Waals surface area contributed by atoms with Crippen LogP contribution in [0.2, 0.25) is 0 Å². The highest BCUT2D eigenvalue weighted by molar-refractivity contribution is 9.10. The summed E-state index contributed by atoms with van der Waals surface area (Å²) in [5, 5.41) is 3.28. The average Bonchev–Trinajstić information content (AvgIpc) is 2.74. The van der Waals surface area contributed by atoms with Crippen molar-refractivity contribution in [2.75, 3.05) is 11.9 Å². The van der Waals surface area contributed by atoms with Gasteiger partial charge in [0.05, 0.1) is 11.7 Å². The first-order valence-corrected chi connectivity index (χ1v) is 6.66. The molecular weight excluding hydrogens is 286 g/mol. The Morgan fingerprint density at radius 2 is 2.25 bits per heavy atom. The van der Waals surface area contributed by atoms with E-state index in [4.69, 9.17) is 0 Å². The molecule has 5 heteroatoms. The van der Waals surface area contributed by atoms with Crippen molar-refractivity contribution >= 4 is 33.5 Å². The molecule has 0 radical (unpaired) electrons. The van der Waals surface area contributed by atoms with Crippen molar-refractivity contribution in [1.29, 1.82) is 0 Å². The lowest BCUT2D eigenvalue weighted by Crippen LogP contribution is -2.01. The fraction of sp³-hybridized carbons (Fsp3) is 0.273. The molecule has 0 spiro atoms. The molecule has 0 atom stereocenters. The van der Waals surface area contributed by atoms with E-state index in [1.807, 2.05) is 24.3 Å². The number of aromatic nitrogens is 2. The molecule has 3 nitrogen and oxygen atoms in total. The Balaban J connectivity index is 2.29. The molecule has 1 N–H and O–H groups in total. The van der Waals surface area contributed by atoms with Gasteiger partial charge in [0.25, 0.3) is 0 Å². The van der Waals surface area contributed by atoms with Crippen molar-refractivity contribution in [1.82, 2.24) is 8.75 Å². The second kappa shape index (κ2) is 5.41. The van der Waals surface area contributed by atoms with Gasteiger partial charge in [0.1, 0.15) is 5.69 Å². The third kappa shape index (κ3) is 2.59. The lowest BCUT2D eigenvalue weighted by Gasteiger charge is -2.03. The molecule has 0 saturated heterocycles. The van der Waals surface area contributed by atoms with E-state index < -0.39 is 0 Å². The molecule has 1 aromatic heterocycles. The highest BCUT2D eigenvalue weighted by Crippen LogP contribution is 2.27. The molecule has 84 valence electrons. The number of nitrogens with one attached hydrogen (secondary N) is 1. The largest absolute Gasteiger partial charge is 0.367 e. The van der Waals surface area contributed by atoms with Crippen LogP contribution in [0.25, 0.3) is 11.3 Å². The lowest BCUT2D eigenvalue weighted by atomic mass is 10.1. The van der Waals surface area contributed by atoms with Crippen LogP contribution in [0.4, 0.5) is 5.82 Å². The van der Waals surface area contributed by atoms with E-state index in [9.17, 15) is 0 Å². The topological polar surface area (TPSA) is 37.8 Å². The van der Waals surface area contributed by atoms with Crippen LogP contribution in [0.3, 0.4) is 0 Å². The minimum Gasteiger partial charge on any atom is -0.367 e. The molecule has 2 rings (SSSR count). The maximum absolute atomic E-state index is 4.33. The summed E-state index contributed by atoms with van der Waals surface area (Å²) in [6.45, 7) is 3.05. The molecule has 0 amide bonds. The molecule has 0 saturated carbocycles. The standard InChI is InChI=1S/C11H12BrN3S/c1-2-6-13-11-10(14-16-15-11)8-4-3-5-9(12)7-8/h3-5,7H,2,6H2,1H3,(H,13,15). The molecule has 0 aliphatic rings. The van der Waals surface area contributed by atoms with Gasteiger partial charge in [-0.15, -0.1) is 0 Å². The van der Waals surface area contributed by atoms with Crippen molar-refractivity contribution in [2.45, 2.75) is 13.3 Å². The van der Waals surface area contributed by atoms with Gasteiger partial charge in [0.15, 0.2) is 5.82 Å². The maximum atomic E-state index is 4.33. The number of nitrogens with zero attached hydrogens (tertiary/aromatic N) is 2. The lowest BCUT2D eigenvalue weighted by molar-refractivity contribution is 0.974. The molecule has 0 unspecified atom stereocenters. The molecule has 0 bridgehead atoms. The summed E-state index contributed by atoms with van der Waals surface area (Å²) in [6, 6.07) is 8.09. The average molecular weight is 298 g/mol. The molecular formula is C11H12BrN3S. The minimum atomic E-state index is 0.880. The SMILES string of the molecule is CCCNc1nsnc1-c1cccc(Br)c1. The zero-order chi connectivity index (χ0) is 11.4. The van der Waals surface area contributed by atoms with Gasteiger partial charge in [-0.1, -0.05) is 35.0 Å². The van der Waals surface area contributed by atoms with Crippen molar-refractivity contribution in [3.63, 3.8) is 0 Å². The van der Waals surface area contributed by atoms with Crippen molar-refractivity contribution < 1.29 is 0 Å². The van der Waals surface area contributed by atoms with E-state index in [1.165, 1.54) is 11.7 Å². The number of rotatable bonds is 4. The Hall–Kier alpha value is -0.940. The van der Waals surface area contributed by atoms with E-state index in [0.29, 0.717) is 0 Å². The van der Waals surface area contributed by atoms with Crippen molar-refractivity contribution in [3.8, 4) is 11.3 Å². The highest BCUT2D eigenvalue weighted by Gasteiger charge is 2.09. The van der Waals surface area contributed by atoms with Crippen molar-refractivity contribution in [2.24, 2.45) is 0 Å². The normalized spacial score (nSPS) is 10.4. The zero-order valence-corrected chi connectivity index (χ0v) is 11.3. The van der Waals surface area contributed by atoms with Gasteiger partial charge >= 0.3 is 0 Å². The molecule has 1 heterocycles. The van der Waals surface area contributed by atoms with Crippen LogP contribution in [-0.4, -0.2) is 15.3 Å². The number of halogens is 1. The van der Waals surface area contributed by atoms with E-state index in [2.05, 4.69) is 36.9 Å². The third-order valence-corrected chi connectivity index (χ3v) is 3.15. The van der Waals surface area contributed by atoms with Crippen molar-refractivity contribution in [3.05, 3.63) is 28.7 Å². The van der Waals surface area contributed by atoms with E-state index >= 15 is 0 Å². The Bertz CT molecular complexity index is 470. The van der Waals surface area contributed by atoms with Gasteiger partial charge in [-0.3, -0.25) is 0 Å². The first-order valence-electron chi connectivity index (χ1n) is 5.13.